The van der Waals surface area contributed by atoms with Crippen molar-refractivity contribution >= 4 is 11.6 Å². The molecule has 1 heteroatoms. The van der Waals surface area contributed by atoms with Crippen molar-refractivity contribution in [3.05, 3.63) is 34.9 Å². The van der Waals surface area contributed by atoms with Crippen LogP contribution in [0.15, 0.2) is 24.3 Å². The molecule has 0 unspecified atom stereocenters. The summed E-state index contributed by atoms with van der Waals surface area (Å²) in [6, 6.07) is 8.23. The van der Waals surface area contributed by atoms with Crippen LogP contribution >= 0.6 is 11.6 Å². The predicted molar refractivity (Wildman–Crippen MR) is 68.3 cm³/mol. The lowest BCUT2D eigenvalue weighted by atomic mass is 9.81. The Morgan fingerprint density at radius 3 is 2.13 bits per heavy atom. The van der Waals surface area contributed by atoms with E-state index in [-0.39, 0.29) is 0 Å². The van der Waals surface area contributed by atoms with Crippen molar-refractivity contribution in [2.45, 2.75) is 34.1 Å². The summed E-state index contributed by atoms with van der Waals surface area (Å²) in [5.74, 6) is 2.19. The number of rotatable bonds is 4. The zero-order chi connectivity index (χ0) is 11.4. The van der Waals surface area contributed by atoms with Gasteiger partial charge >= 0.3 is 0 Å². The summed E-state index contributed by atoms with van der Waals surface area (Å²) >= 11 is 5.99. The Morgan fingerprint density at radius 1 is 1.07 bits per heavy atom. The van der Waals surface area contributed by atoms with Crippen molar-refractivity contribution in [1.29, 1.82) is 0 Å². The van der Waals surface area contributed by atoms with E-state index in [1.54, 1.807) is 0 Å². The van der Waals surface area contributed by atoms with Crippen molar-refractivity contribution in [1.82, 2.24) is 0 Å². The van der Waals surface area contributed by atoms with Gasteiger partial charge in [-0.1, -0.05) is 51.4 Å². The van der Waals surface area contributed by atoms with E-state index in [0.717, 1.165) is 29.2 Å². The number of halogens is 1. The van der Waals surface area contributed by atoms with Crippen LogP contribution in [0.2, 0.25) is 5.02 Å². The Morgan fingerprint density at radius 2 is 1.67 bits per heavy atom. The van der Waals surface area contributed by atoms with Crippen molar-refractivity contribution < 1.29 is 0 Å². The molecule has 1 aromatic carbocycles. The fourth-order valence-electron chi connectivity index (χ4n) is 2.18. The molecule has 0 saturated carbocycles. The Balaban J connectivity index is 2.74. The average molecular weight is 225 g/mol. The number of benzene rings is 1. The molecular formula is C14H21Cl. The molecule has 0 fully saturated rings. The Hall–Kier alpha value is -0.490. The summed E-state index contributed by atoms with van der Waals surface area (Å²) in [7, 11) is 0. The topological polar surface area (TPSA) is 0 Å². The van der Waals surface area contributed by atoms with E-state index in [4.69, 9.17) is 11.6 Å². The fourth-order valence-corrected chi connectivity index (χ4v) is 2.39. The molecule has 0 aromatic heterocycles. The minimum atomic E-state index is 0.726. The Kier molecular flexibility index (Phi) is 4.66. The number of hydrogen-bond acceptors (Lipinski definition) is 0. The van der Waals surface area contributed by atoms with Gasteiger partial charge in [-0.25, -0.2) is 0 Å². The monoisotopic (exact) mass is 224 g/mol. The first-order valence-electron chi connectivity index (χ1n) is 5.75. The van der Waals surface area contributed by atoms with Crippen LogP contribution in [-0.2, 0) is 6.42 Å². The van der Waals surface area contributed by atoms with Crippen LogP contribution in [0, 0.1) is 17.8 Å². The van der Waals surface area contributed by atoms with Crippen LogP contribution in [0.25, 0.3) is 0 Å². The predicted octanol–water partition coefficient (Wildman–Crippen LogP) is 4.81. The maximum absolute atomic E-state index is 5.99. The SMILES string of the molecule is CC(C)C(Cc1cccc(Cl)c1)C(C)C. The lowest BCUT2D eigenvalue weighted by molar-refractivity contribution is 0.286. The van der Waals surface area contributed by atoms with Crippen molar-refractivity contribution in [2.24, 2.45) is 17.8 Å². The highest BCUT2D eigenvalue weighted by Gasteiger charge is 2.17. The quantitative estimate of drug-likeness (QED) is 0.689. The lowest BCUT2D eigenvalue weighted by Gasteiger charge is -2.24. The standard InChI is InChI=1S/C14H21Cl/c1-10(2)14(11(3)4)9-12-6-5-7-13(15)8-12/h5-8,10-11,14H,9H2,1-4H3. The van der Waals surface area contributed by atoms with Gasteiger partial charge in [-0.2, -0.15) is 0 Å². The van der Waals surface area contributed by atoms with Gasteiger partial charge in [0.2, 0.25) is 0 Å². The second-order valence-corrected chi connectivity index (χ2v) is 5.42. The van der Waals surface area contributed by atoms with E-state index in [0.29, 0.717) is 0 Å². The van der Waals surface area contributed by atoms with Crippen LogP contribution in [0.3, 0.4) is 0 Å². The highest BCUT2D eigenvalue weighted by molar-refractivity contribution is 6.30. The summed E-state index contributed by atoms with van der Waals surface area (Å²) in [5, 5.41) is 0.846. The highest BCUT2D eigenvalue weighted by Crippen LogP contribution is 2.25. The Bertz CT molecular complexity index is 294. The molecule has 1 aromatic rings. The molecule has 0 aliphatic carbocycles. The minimum Gasteiger partial charge on any atom is -0.0843 e. The molecule has 0 N–H and O–H groups in total. The van der Waals surface area contributed by atoms with Gasteiger partial charge in [0.15, 0.2) is 0 Å². The molecule has 0 spiro atoms. The first-order valence-corrected chi connectivity index (χ1v) is 6.13. The highest BCUT2D eigenvalue weighted by atomic mass is 35.5. The maximum atomic E-state index is 5.99. The van der Waals surface area contributed by atoms with Crippen molar-refractivity contribution in [3.63, 3.8) is 0 Å². The molecule has 0 heterocycles. The van der Waals surface area contributed by atoms with Gasteiger partial charge in [0.05, 0.1) is 0 Å². The molecule has 0 atom stereocenters. The van der Waals surface area contributed by atoms with Gasteiger partial charge in [0, 0.05) is 5.02 Å². The van der Waals surface area contributed by atoms with E-state index in [1.807, 2.05) is 12.1 Å². The molecule has 0 saturated heterocycles. The van der Waals surface area contributed by atoms with Gasteiger partial charge in [0.1, 0.15) is 0 Å². The summed E-state index contributed by atoms with van der Waals surface area (Å²) in [5.41, 5.74) is 1.36. The molecule has 84 valence electrons. The summed E-state index contributed by atoms with van der Waals surface area (Å²) in [6.45, 7) is 9.20. The first-order chi connectivity index (χ1) is 7.00. The van der Waals surface area contributed by atoms with E-state index in [9.17, 15) is 0 Å². The molecule has 0 aliphatic heterocycles. The molecule has 0 radical (unpaired) electrons. The second-order valence-electron chi connectivity index (χ2n) is 4.99. The molecular weight excluding hydrogens is 204 g/mol. The molecule has 0 bridgehead atoms. The lowest BCUT2D eigenvalue weighted by Crippen LogP contribution is -2.18. The Labute approximate surface area is 98.7 Å². The second kappa shape index (κ2) is 5.55. The van der Waals surface area contributed by atoms with Gasteiger partial charge in [0.25, 0.3) is 0 Å². The zero-order valence-electron chi connectivity index (χ0n) is 10.1. The van der Waals surface area contributed by atoms with Crippen molar-refractivity contribution in [2.75, 3.05) is 0 Å². The summed E-state index contributed by atoms with van der Waals surface area (Å²) in [6.07, 6.45) is 1.13. The van der Waals surface area contributed by atoms with E-state index < -0.39 is 0 Å². The third kappa shape index (κ3) is 3.87. The largest absolute Gasteiger partial charge is 0.0843 e. The van der Waals surface area contributed by atoms with Crippen LogP contribution < -0.4 is 0 Å². The third-order valence-corrected chi connectivity index (χ3v) is 3.31. The van der Waals surface area contributed by atoms with E-state index in [2.05, 4.69) is 39.8 Å². The zero-order valence-corrected chi connectivity index (χ0v) is 10.9. The van der Waals surface area contributed by atoms with Crippen LogP contribution in [0.5, 0.6) is 0 Å². The normalized spacial score (nSPS) is 11.7. The molecule has 0 aliphatic rings. The molecule has 15 heavy (non-hydrogen) atoms. The van der Waals surface area contributed by atoms with Gasteiger partial charge in [-0.3, -0.25) is 0 Å². The maximum Gasteiger partial charge on any atom is 0.0408 e. The summed E-state index contributed by atoms with van der Waals surface area (Å²) < 4.78 is 0. The first kappa shape index (κ1) is 12.6. The minimum absolute atomic E-state index is 0.726. The van der Waals surface area contributed by atoms with E-state index >= 15 is 0 Å². The summed E-state index contributed by atoms with van der Waals surface area (Å²) in [4.78, 5) is 0. The fraction of sp³-hybridized carbons (Fsp3) is 0.571. The number of hydrogen-bond donors (Lipinski definition) is 0. The van der Waals surface area contributed by atoms with Crippen molar-refractivity contribution in [3.8, 4) is 0 Å². The smallest absolute Gasteiger partial charge is 0.0408 e. The van der Waals surface area contributed by atoms with Crippen LogP contribution in [0.4, 0.5) is 0 Å². The molecule has 0 nitrogen and oxygen atoms in total. The van der Waals surface area contributed by atoms with Gasteiger partial charge < -0.3 is 0 Å². The van der Waals surface area contributed by atoms with Crippen LogP contribution in [-0.4, -0.2) is 0 Å². The molecule has 1 rings (SSSR count). The van der Waals surface area contributed by atoms with Gasteiger partial charge in [-0.05, 0) is 41.9 Å². The third-order valence-electron chi connectivity index (χ3n) is 3.07. The van der Waals surface area contributed by atoms with Gasteiger partial charge in [-0.15, -0.1) is 0 Å². The average Bonchev–Trinajstić information content (AvgIpc) is 2.13. The molecule has 0 amide bonds. The van der Waals surface area contributed by atoms with Crippen LogP contribution in [0.1, 0.15) is 33.3 Å². The van der Waals surface area contributed by atoms with E-state index in [1.165, 1.54) is 5.56 Å².